The average Bonchev–Trinajstić information content (AvgIpc) is 3.00. The largest absolute Gasteiger partial charge is 0.508 e. The number of phenolic OH excluding ortho intramolecular Hbond substituents is 1. The van der Waals surface area contributed by atoms with Gasteiger partial charge in [0.2, 0.25) is 0 Å². The van der Waals surface area contributed by atoms with Crippen LogP contribution in [0.3, 0.4) is 0 Å². The third-order valence-electron chi connectivity index (χ3n) is 4.46. The van der Waals surface area contributed by atoms with E-state index < -0.39 is 10.8 Å². The smallest absolute Gasteiger partial charge is 0.194 e. The van der Waals surface area contributed by atoms with Crippen molar-refractivity contribution < 1.29 is 18.8 Å². The standard InChI is InChI=1S/C22H16O4S/c1-26-17-10-7-14(8-11-17)21(24)20-18-12-9-16(23)13-19(18)27(25)22(20)15-5-3-2-4-6-15/h2-13,23H,1H3. The number of phenols is 1. The van der Waals surface area contributed by atoms with Gasteiger partial charge in [0.15, 0.2) is 5.78 Å². The maximum absolute atomic E-state index is 13.3. The monoisotopic (exact) mass is 376 g/mol. The second-order valence-corrected chi connectivity index (χ2v) is 7.46. The number of aromatic hydroxyl groups is 1. The Bertz CT molecular complexity index is 1080. The van der Waals surface area contributed by atoms with Crippen molar-refractivity contribution in [3.63, 3.8) is 0 Å². The van der Waals surface area contributed by atoms with Gasteiger partial charge in [-0.1, -0.05) is 30.3 Å². The van der Waals surface area contributed by atoms with Crippen molar-refractivity contribution in [2.75, 3.05) is 7.11 Å². The molecule has 0 saturated carbocycles. The predicted molar refractivity (Wildman–Crippen MR) is 105 cm³/mol. The Morgan fingerprint density at radius 2 is 1.67 bits per heavy atom. The third-order valence-corrected chi connectivity index (χ3v) is 6.01. The number of Topliss-reactive ketones (excluding diaryl/α,β-unsaturated/α-hetero) is 1. The van der Waals surface area contributed by atoms with Crippen molar-refractivity contribution in [2.45, 2.75) is 4.90 Å². The topological polar surface area (TPSA) is 63.6 Å². The van der Waals surface area contributed by atoms with E-state index in [0.29, 0.717) is 32.3 Å². The van der Waals surface area contributed by atoms with Crippen LogP contribution >= 0.6 is 0 Å². The normalized spacial score (nSPS) is 15.5. The molecule has 0 bridgehead atoms. The van der Waals surface area contributed by atoms with Crippen LogP contribution in [0.4, 0.5) is 0 Å². The molecule has 1 aliphatic heterocycles. The summed E-state index contributed by atoms with van der Waals surface area (Å²) >= 11 is 0. The van der Waals surface area contributed by atoms with E-state index in [1.165, 1.54) is 12.1 Å². The minimum absolute atomic E-state index is 0.0210. The first-order valence-corrected chi connectivity index (χ1v) is 9.48. The van der Waals surface area contributed by atoms with Gasteiger partial charge in [0.1, 0.15) is 11.5 Å². The zero-order chi connectivity index (χ0) is 19.0. The van der Waals surface area contributed by atoms with Crippen LogP contribution in [-0.4, -0.2) is 22.2 Å². The Labute approximate surface area is 159 Å². The highest BCUT2D eigenvalue weighted by atomic mass is 32.2. The van der Waals surface area contributed by atoms with E-state index in [1.807, 2.05) is 30.3 Å². The number of hydrogen-bond donors (Lipinski definition) is 1. The summed E-state index contributed by atoms with van der Waals surface area (Å²) in [6.07, 6.45) is 0. The Morgan fingerprint density at radius 1 is 0.963 bits per heavy atom. The number of allylic oxidation sites excluding steroid dienone is 1. The van der Waals surface area contributed by atoms with E-state index >= 15 is 0 Å². The average molecular weight is 376 g/mol. The van der Waals surface area contributed by atoms with Gasteiger partial charge in [-0.25, -0.2) is 4.21 Å². The number of rotatable bonds is 4. The van der Waals surface area contributed by atoms with Crippen molar-refractivity contribution in [3.8, 4) is 11.5 Å². The van der Waals surface area contributed by atoms with Crippen LogP contribution in [0.1, 0.15) is 21.5 Å². The van der Waals surface area contributed by atoms with E-state index in [0.717, 1.165) is 5.56 Å². The highest BCUT2D eigenvalue weighted by Gasteiger charge is 2.34. The van der Waals surface area contributed by atoms with E-state index in [9.17, 15) is 14.1 Å². The number of methoxy groups -OCH3 is 1. The quantitative estimate of drug-likeness (QED) is 0.691. The first-order valence-electron chi connectivity index (χ1n) is 8.34. The molecule has 27 heavy (non-hydrogen) atoms. The van der Waals surface area contributed by atoms with Crippen molar-refractivity contribution in [1.29, 1.82) is 0 Å². The lowest BCUT2D eigenvalue weighted by molar-refractivity contribution is 0.105. The SMILES string of the molecule is COc1ccc(C(=O)C2=C(c3ccccc3)S(=O)c3cc(O)ccc32)cc1. The number of ketones is 1. The number of benzene rings is 3. The number of ether oxygens (including phenoxy) is 1. The zero-order valence-electron chi connectivity index (χ0n) is 14.5. The minimum Gasteiger partial charge on any atom is -0.508 e. The van der Waals surface area contributed by atoms with Crippen molar-refractivity contribution in [2.24, 2.45) is 0 Å². The molecule has 0 amide bonds. The number of hydrogen-bond acceptors (Lipinski definition) is 4. The fourth-order valence-electron chi connectivity index (χ4n) is 3.15. The van der Waals surface area contributed by atoms with E-state index in [-0.39, 0.29) is 11.5 Å². The summed E-state index contributed by atoms with van der Waals surface area (Å²) < 4.78 is 18.3. The lowest BCUT2D eigenvalue weighted by atomic mass is 9.94. The summed E-state index contributed by atoms with van der Waals surface area (Å²) in [5.74, 6) is 0.464. The molecular weight excluding hydrogens is 360 g/mol. The minimum atomic E-state index is -1.55. The fourth-order valence-corrected chi connectivity index (χ4v) is 4.70. The maximum Gasteiger partial charge on any atom is 0.194 e. The molecule has 0 aliphatic carbocycles. The molecule has 5 heteroatoms. The van der Waals surface area contributed by atoms with Crippen LogP contribution in [0, 0.1) is 0 Å². The number of fused-ring (bicyclic) bond motifs is 1. The molecule has 4 rings (SSSR count). The van der Waals surface area contributed by atoms with Crippen LogP contribution in [0.25, 0.3) is 10.5 Å². The van der Waals surface area contributed by atoms with E-state index in [1.54, 1.807) is 37.4 Å². The molecule has 0 saturated heterocycles. The molecule has 3 aromatic rings. The van der Waals surface area contributed by atoms with Gasteiger partial charge in [-0.15, -0.1) is 0 Å². The predicted octanol–water partition coefficient (Wildman–Crippen LogP) is 4.27. The summed E-state index contributed by atoms with van der Waals surface area (Å²) in [4.78, 5) is 14.2. The van der Waals surface area contributed by atoms with Gasteiger partial charge < -0.3 is 9.84 Å². The van der Waals surface area contributed by atoms with Gasteiger partial charge in [-0.3, -0.25) is 4.79 Å². The van der Waals surface area contributed by atoms with Gasteiger partial charge in [0.05, 0.1) is 27.7 Å². The summed E-state index contributed by atoms with van der Waals surface area (Å²) in [5.41, 5.74) is 2.20. The molecule has 3 aromatic carbocycles. The van der Waals surface area contributed by atoms with Crippen LogP contribution in [-0.2, 0) is 10.8 Å². The van der Waals surface area contributed by atoms with Gasteiger partial charge in [0, 0.05) is 16.7 Å². The number of carbonyl (C=O) groups is 1. The second-order valence-electron chi connectivity index (χ2n) is 6.08. The number of carbonyl (C=O) groups excluding carboxylic acids is 1. The second kappa shape index (κ2) is 6.85. The van der Waals surface area contributed by atoms with Gasteiger partial charge in [-0.2, -0.15) is 0 Å². The molecule has 1 aliphatic rings. The van der Waals surface area contributed by atoms with Crippen LogP contribution < -0.4 is 4.74 Å². The molecule has 4 nitrogen and oxygen atoms in total. The van der Waals surface area contributed by atoms with Gasteiger partial charge >= 0.3 is 0 Å². The summed E-state index contributed by atoms with van der Waals surface area (Å²) in [6.45, 7) is 0. The molecule has 0 spiro atoms. The third kappa shape index (κ3) is 2.96. The first kappa shape index (κ1) is 17.2. The van der Waals surface area contributed by atoms with Crippen molar-refractivity contribution >= 4 is 27.1 Å². The maximum atomic E-state index is 13.3. The van der Waals surface area contributed by atoms with E-state index in [4.69, 9.17) is 4.74 Å². The van der Waals surface area contributed by atoms with Crippen LogP contribution in [0.15, 0.2) is 77.7 Å². The van der Waals surface area contributed by atoms with Crippen molar-refractivity contribution in [3.05, 3.63) is 89.5 Å². The molecule has 134 valence electrons. The van der Waals surface area contributed by atoms with Crippen LogP contribution in [0.2, 0.25) is 0 Å². The van der Waals surface area contributed by atoms with E-state index in [2.05, 4.69) is 0 Å². The molecular formula is C22H16O4S. The Kier molecular flexibility index (Phi) is 4.38. The summed E-state index contributed by atoms with van der Waals surface area (Å²) in [5, 5.41) is 9.82. The van der Waals surface area contributed by atoms with Crippen molar-refractivity contribution in [1.82, 2.24) is 0 Å². The lowest BCUT2D eigenvalue weighted by Gasteiger charge is -2.08. The highest BCUT2D eigenvalue weighted by molar-refractivity contribution is 7.95. The Balaban J connectivity index is 1.92. The summed E-state index contributed by atoms with van der Waals surface area (Å²) in [6, 6.07) is 20.7. The molecule has 1 unspecified atom stereocenters. The lowest BCUT2D eigenvalue weighted by Crippen LogP contribution is -2.03. The molecule has 0 radical (unpaired) electrons. The Hall–Kier alpha value is -3.18. The fraction of sp³-hybridized carbons (Fsp3) is 0.0455. The van der Waals surface area contributed by atoms with Crippen LogP contribution in [0.5, 0.6) is 11.5 Å². The molecule has 0 fully saturated rings. The molecule has 1 atom stereocenters. The zero-order valence-corrected chi connectivity index (χ0v) is 15.3. The first-order chi connectivity index (χ1) is 13.1. The highest BCUT2D eigenvalue weighted by Crippen LogP contribution is 2.44. The molecule has 0 aromatic heterocycles. The molecule has 1 N–H and O–H groups in total. The summed E-state index contributed by atoms with van der Waals surface area (Å²) in [7, 11) is 0.0120. The van der Waals surface area contributed by atoms with Gasteiger partial charge in [0.25, 0.3) is 0 Å². The molecule has 1 heterocycles. The van der Waals surface area contributed by atoms with Gasteiger partial charge in [-0.05, 0) is 48.0 Å². The Morgan fingerprint density at radius 3 is 2.33 bits per heavy atom.